The second-order valence-corrected chi connectivity index (χ2v) is 5.43. The van der Waals surface area contributed by atoms with Gasteiger partial charge in [-0.15, -0.1) is 0 Å². The predicted octanol–water partition coefficient (Wildman–Crippen LogP) is 3.08. The summed E-state index contributed by atoms with van der Waals surface area (Å²) in [6.07, 6.45) is 8.21. The third kappa shape index (κ3) is 3.25. The monoisotopic (exact) mass is 263 g/mol. The van der Waals surface area contributed by atoms with E-state index in [0.717, 1.165) is 31.6 Å². The first-order valence-electron chi connectivity index (χ1n) is 7.07. The number of nitrogens with zero attached hydrogens (tertiary/aromatic N) is 1. The highest BCUT2D eigenvalue weighted by Gasteiger charge is 2.22. The summed E-state index contributed by atoms with van der Waals surface area (Å²) in [4.78, 5) is 22.8. The molecule has 1 fully saturated rings. The molecule has 0 atom stereocenters. The van der Waals surface area contributed by atoms with E-state index in [-0.39, 0.29) is 17.2 Å². The molecule has 1 N–H and O–H groups in total. The molecule has 2 rings (SSSR count). The van der Waals surface area contributed by atoms with Crippen LogP contribution in [-0.2, 0) is 0 Å². The van der Waals surface area contributed by atoms with E-state index >= 15 is 0 Å². The molecule has 1 aromatic heterocycles. The highest BCUT2D eigenvalue weighted by Crippen LogP contribution is 2.33. The molecule has 0 spiro atoms. The smallest absolute Gasteiger partial charge is 0.337 e. The fourth-order valence-corrected chi connectivity index (χ4v) is 3.04. The fourth-order valence-electron chi connectivity index (χ4n) is 3.04. The molecule has 1 saturated carbocycles. The largest absolute Gasteiger partial charge is 0.478 e. The Morgan fingerprint density at radius 1 is 1.32 bits per heavy atom. The lowest BCUT2D eigenvalue weighted by molar-refractivity contribution is 0.0695. The summed E-state index contributed by atoms with van der Waals surface area (Å²) in [6.45, 7) is 2.20. The van der Waals surface area contributed by atoms with Gasteiger partial charge in [-0.05, 0) is 37.7 Å². The molecule has 0 saturated heterocycles. The third-order valence-corrected chi connectivity index (χ3v) is 4.09. The molecule has 4 nitrogen and oxygen atoms in total. The molecule has 0 unspecified atom stereocenters. The van der Waals surface area contributed by atoms with Crippen LogP contribution in [0.25, 0.3) is 0 Å². The average molecular weight is 263 g/mol. The van der Waals surface area contributed by atoms with Crippen LogP contribution in [0.1, 0.15) is 61.8 Å². The van der Waals surface area contributed by atoms with E-state index in [9.17, 15) is 9.59 Å². The van der Waals surface area contributed by atoms with Gasteiger partial charge in [0, 0.05) is 18.3 Å². The van der Waals surface area contributed by atoms with Crippen LogP contribution < -0.4 is 5.56 Å². The zero-order valence-electron chi connectivity index (χ0n) is 11.3. The van der Waals surface area contributed by atoms with Crippen molar-refractivity contribution in [3.05, 3.63) is 34.2 Å². The SMILES string of the molecule is CCCC1CCC(n2cc(C(=O)O)ccc2=O)CC1. The first kappa shape index (κ1) is 13.8. The van der Waals surface area contributed by atoms with Crippen molar-refractivity contribution in [2.24, 2.45) is 5.92 Å². The van der Waals surface area contributed by atoms with Gasteiger partial charge in [-0.3, -0.25) is 4.79 Å². The van der Waals surface area contributed by atoms with Crippen LogP contribution in [0.2, 0.25) is 0 Å². The van der Waals surface area contributed by atoms with Gasteiger partial charge < -0.3 is 9.67 Å². The van der Waals surface area contributed by atoms with Crippen molar-refractivity contribution < 1.29 is 9.90 Å². The molecule has 0 radical (unpaired) electrons. The minimum Gasteiger partial charge on any atom is -0.478 e. The zero-order chi connectivity index (χ0) is 13.8. The van der Waals surface area contributed by atoms with E-state index in [1.807, 2.05) is 0 Å². The van der Waals surface area contributed by atoms with Crippen LogP contribution in [0.5, 0.6) is 0 Å². The van der Waals surface area contributed by atoms with E-state index in [0.29, 0.717) is 0 Å². The number of aromatic carboxylic acids is 1. The molecule has 1 aromatic rings. The van der Waals surface area contributed by atoms with Crippen molar-refractivity contribution in [3.8, 4) is 0 Å². The number of hydrogen-bond donors (Lipinski definition) is 1. The van der Waals surface area contributed by atoms with Gasteiger partial charge in [0.15, 0.2) is 0 Å². The lowest BCUT2D eigenvalue weighted by Crippen LogP contribution is -2.28. The summed E-state index contributed by atoms with van der Waals surface area (Å²) in [5, 5.41) is 9.00. The Morgan fingerprint density at radius 2 is 2.00 bits per heavy atom. The van der Waals surface area contributed by atoms with Gasteiger partial charge in [0.2, 0.25) is 0 Å². The lowest BCUT2D eigenvalue weighted by atomic mass is 9.83. The lowest BCUT2D eigenvalue weighted by Gasteiger charge is -2.29. The van der Waals surface area contributed by atoms with Crippen LogP contribution in [-0.4, -0.2) is 15.6 Å². The van der Waals surface area contributed by atoms with Gasteiger partial charge >= 0.3 is 5.97 Å². The minimum absolute atomic E-state index is 0.0936. The Kier molecular flexibility index (Phi) is 4.40. The fraction of sp³-hybridized carbons (Fsp3) is 0.600. The molecule has 1 heterocycles. The number of hydrogen-bond acceptors (Lipinski definition) is 2. The predicted molar refractivity (Wildman–Crippen MR) is 73.6 cm³/mol. The summed E-state index contributed by atoms with van der Waals surface area (Å²) in [5.74, 6) is -0.201. The maximum atomic E-state index is 11.9. The van der Waals surface area contributed by atoms with Crippen LogP contribution >= 0.6 is 0 Å². The van der Waals surface area contributed by atoms with Crippen LogP contribution in [0.4, 0.5) is 0 Å². The average Bonchev–Trinajstić information content (AvgIpc) is 2.40. The minimum atomic E-state index is -0.978. The Morgan fingerprint density at radius 3 is 2.58 bits per heavy atom. The Bertz CT molecular complexity index is 498. The number of rotatable bonds is 4. The Balaban J connectivity index is 2.13. The van der Waals surface area contributed by atoms with Gasteiger partial charge in [-0.25, -0.2) is 4.79 Å². The van der Waals surface area contributed by atoms with Crippen molar-refractivity contribution >= 4 is 5.97 Å². The molecule has 0 aromatic carbocycles. The third-order valence-electron chi connectivity index (χ3n) is 4.09. The molecule has 4 heteroatoms. The molecule has 104 valence electrons. The molecule has 1 aliphatic rings. The Hall–Kier alpha value is -1.58. The second kappa shape index (κ2) is 6.04. The maximum absolute atomic E-state index is 11.9. The zero-order valence-corrected chi connectivity index (χ0v) is 11.3. The van der Waals surface area contributed by atoms with Crippen LogP contribution in [0, 0.1) is 5.92 Å². The van der Waals surface area contributed by atoms with Crippen molar-refractivity contribution in [2.75, 3.05) is 0 Å². The van der Waals surface area contributed by atoms with E-state index < -0.39 is 5.97 Å². The van der Waals surface area contributed by atoms with Crippen LogP contribution in [0.3, 0.4) is 0 Å². The summed E-state index contributed by atoms with van der Waals surface area (Å²) >= 11 is 0. The molecular formula is C15H21NO3. The van der Waals surface area contributed by atoms with E-state index in [2.05, 4.69) is 6.92 Å². The number of carboxylic acids is 1. The molecule has 19 heavy (non-hydrogen) atoms. The van der Waals surface area contributed by atoms with Crippen molar-refractivity contribution in [2.45, 2.75) is 51.5 Å². The van der Waals surface area contributed by atoms with Crippen molar-refractivity contribution in [3.63, 3.8) is 0 Å². The second-order valence-electron chi connectivity index (χ2n) is 5.43. The first-order valence-corrected chi connectivity index (χ1v) is 7.07. The molecular weight excluding hydrogens is 242 g/mol. The number of pyridine rings is 1. The summed E-state index contributed by atoms with van der Waals surface area (Å²) in [5.41, 5.74) is 0.0965. The van der Waals surface area contributed by atoms with E-state index in [1.165, 1.54) is 31.2 Å². The summed E-state index contributed by atoms with van der Waals surface area (Å²) in [7, 11) is 0. The topological polar surface area (TPSA) is 59.3 Å². The van der Waals surface area contributed by atoms with Gasteiger partial charge in [0.25, 0.3) is 5.56 Å². The summed E-state index contributed by atoms with van der Waals surface area (Å²) < 4.78 is 1.62. The molecule has 0 amide bonds. The van der Waals surface area contributed by atoms with E-state index in [1.54, 1.807) is 4.57 Å². The highest BCUT2D eigenvalue weighted by molar-refractivity contribution is 5.87. The van der Waals surface area contributed by atoms with Crippen molar-refractivity contribution in [1.82, 2.24) is 4.57 Å². The quantitative estimate of drug-likeness (QED) is 0.908. The first-order chi connectivity index (χ1) is 9.11. The van der Waals surface area contributed by atoms with Crippen LogP contribution in [0.15, 0.2) is 23.1 Å². The van der Waals surface area contributed by atoms with Gasteiger partial charge in [0.1, 0.15) is 0 Å². The molecule has 0 bridgehead atoms. The van der Waals surface area contributed by atoms with E-state index in [4.69, 9.17) is 5.11 Å². The summed E-state index contributed by atoms with van der Waals surface area (Å²) in [6, 6.07) is 2.91. The van der Waals surface area contributed by atoms with Crippen molar-refractivity contribution in [1.29, 1.82) is 0 Å². The van der Waals surface area contributed by atoms with Gasteiger partial charge in [-0.1, -0.05) is 19.8 Å². The number of carboxylic acid groups (broad SMARTS) is 1. The van der Waals surface area contributed by atoms with Gasteiger partial charge in [0.05, 0.1) is 5.56 Å². The normalized spacial score (nSPS) is 23.2. The highest BCUT2D eigenvalue weighted by atomic mass is 16.4. The standard InChI is InChI=1S/C15H21NO3/c1-2-3-11-4-7-13(8-5-11)16-10-12(15(18)19)6-9-14(16)17/h6,9-11,13H,2-5,7-8H2,1H3,(H,18,19). The van der Waals surface area contributed by atoms with Gasteiger partial charge in [-0.2, -0.15) is 0 Å². The maximum Gasteiger partial charge on any atom is 0.337 e. The number of carbonyl (C=O) groups is 1. The number of aromatic nitrogens is 1. The molecule has 0 aliphatic heterocycles. The Labute approximate surface area is 113 Å². The molecule has 1 aliphatic carbocycles.